The molecule has 1 aromatic carbocycles. The second-order valence-electron chi connectivity index (χ2n) is 13.4. The molecule has 1 amide bonds. The fourth-order valence-corrected chi connectivity index (χ4v) is 9.18. The summed E-state index contributed by atoms with van der Waals surface area (Å²) in [6.45, 7) is 11.5. The first-order chi connectivity index (χ1) is 16.7. The van der Waals surface area contributed by atoms with Gasteiger partial charge in [0, 0.05) is 13.1 Å². The van der Waals surface area contributed by atoms with Gasteiger partial charge in [-0.1, -0.05) is 19.9 Å². The number of nitrogens with one attached hydrogen (secondary N) is 1. The van der Waals surface area contributed by atoms with Crippen molar-refractivity contribution in [1.82, 2.24) is 4.90 Å². The third-order valence-corrected chi connectivity index (χ3v) is 10.8. The van der Waals surface area contributed by atoms with Crippen molar-refractivity contribution in [2.75, 3.05) is 25.5 Å². The first kappa shape index (κ1) is 22.7. The molecule has 3 spiro atoms. The summed E-state index contributed by atoms with van der Waals surface area (Å²) in [6.07, 6.45) is 2.16. The number of anilines is 1. The SMILES string of the molecule is COC1=N[C@]23CN4CC[C@@](C)(O)[C@]14C[C@H]2C(C)(C)[C@]1(C3)C(=O)Nc2c1ccc1c2C(=O)CC(C)(C)O1. The van der Waals surface area contributed by atoms with Crippen molar-refractivity contribution < 1.29 is 24.2 Å². The molecule has 1 aliphatic carbocycles. The van der Waals surface area contributed by atoms with E-state index in [1.54, 1.807) is 7.11 Å². The summed E-state index contributed by atoms with van der Waals surface area (Å²) in [5.74, 6) is 1.12. The molecule has 192 valence electrons. The molecule has 3 fully saturated rings. The van der Waals surface area contributed by atoms with Crippen LogP contribution in [0.25, 0.3) is 0 Å². The fourth-order valence-electron chi connectivity index (χ4n) is 9.18. The summed E-state index contributed by atoms with van der Waals surface area (Å²) in [5.41, 5.74) is -2.08. The maximum absolute atomic E-state index is 14.1. The number of hydrogen-bond donors (Lipinski definition) is 2. The lowest BCUT2D eigenvalue weighted by atomic mass is 9.56. The van der Waals surface area contributed by atoms with Crippen molar-refractivity contribution in [2.24, 2.45) is 16.3 Å². The van der Waals surface area contributed by atoms with E-state index in [1.807, 2.05) is 32.9 Å². The van der Waals surface area contributed by atoms with E-state index in [0.29, 0.717) is 48.7 Å². The van der Waals surface area contributed by atoms with Crippen molar-refractivity contribution in [3.63, 3.8) is 0 Å². The van der Waals surface area contributed by atoms with E-state index in [9.17, 15) is 14.7 Å². The van der Waals surface area contributed by atoms with Gasteiger partial charge >= 0.3 is 0 Å². The van der Waals surface area contributed by atoms with Crippen molar-refractivity contribution >= 4 is 23.3 Å². The summed E-state index contributed by atoms with van der Waals surface area (Å²) in [6, 6.07) is 3.85. The zero-order chi connectivity index (χ0) is 25.7. The van der Waals surface area contributed by atoms with Gasteiger partial charge in [0.1, 0.15) is 16.9 Å². The Labute approximate surface area is 211 Å². The van der Waals surface area contributed by atoms with Crippen LogP contribution < -0.4 is 10.1 Å². The molecule has 36 heavy (non-hydrogen) atoms. The van der Waals surface area contributed by atoms with Crippen LogP contribution in [-0.4, -0.2) is 70.1 Å². The number of piperidine rings is 1. The topological polar surface area (TPSA) is 100 Å². The molecule has 1 aromatic rings. The van der Waals surface area contributed by atoms with Gasteiger partial charge in [0.15, 0.2) is 5.78 Å². The minimum Gasteiger partial charge on any atom is -0.487 e. The molecule has 0 aromatic heterocycles. The van der Waals surface area contributed by atoms with Crippen molar-refractivity contribution in [1.29, 1.82) is 0 Å². The second-order valence-corrected chi connectivity index (χ2v) is 13.4. The molecule has 6 aliphatic heterocycles. The Balaban J connectivity index is 1.42. The Bertz CT molecular complexity index is 1300. The summed E-state index contributed by atoms with van der Waals surface area (Å²) in [5, 5.41) is 14.7. The molecule has 8 rings (SSSR count). The van der Waals surface area contributed by atoms with Crippen LogP contribution in [0.1, 0.15) is 76.2 Å². The maximum Gasteiger partial charge on any atom is 0.235 e. The number of aliphatic imine (C=N–C) groups is 1. The molecule has 1 saturated carbocycles. The van der Waals surface area contributed by atoms with Gasteiger partial charge in [0.05, 0.1) is 41.3 Å². The predicted molar refractivity (Wildman–Crippen MR) is 134 cm³/mol. The van der Waals surface area contributed by atoms with E-state index in [2.05, 4.69) is 24.1 Å². The number of benzene rings is 1. The number of methoxy groups -OCH3 is 1. The summed E-state index contributed by atoms with van der Waals surface area (Å²) in [7, 11) is 1.64. The van der Waals surface area contributed by atoms with Crippen LogP contribution in [0.5, 0.6) is 5.75 Å². The van der Waals surface area contributed by atoms with Crippen LogP contribution in [0.15, 0.2) is 17.1 Å². The highest BCUT2D eigenvalue weighted by Crippen LogP contribution is 2.72. The molecule has 7 aliphatic rings. The van der Waals surface area contributed by atoms with Gasteiger partial charge in [0.25, 0.3) is 0 Å². The molecule has 0 radical (unpaired) electrons. The van der Waals surface area contributed by atoms with Crippen molar-refractivity contribution in [2.45, 2.75) is 88.0 Å². The van der Waals surface area contributed by atoms with Gasteiger partial charge < -0.3 is 19.9 Å². The zero-order valence-corrected chi connectivity index (χ0v) is 21.9. The lowest BCUT2D eigenvalue weighted by Crippen LogP contribution is -2.74. The molecule has 8 heteroatoms. The highest BCUT2D eigenvalue weighted by Gasteiger charge is 2.79. The number of ketones is 1. The Morgan fingerprint density at radius 1 is 1.19 bits per heavy atom. The molecular formula is C28H35N3O5. The van der Waals surface area contributed by atoms with E-state index in [-0.39, 0.29) is 24.0 Å². The molecular weight excluding hydrogens is 458 g/mol. The molecule has 2 saturated heterocycles. The summed E-state index contributed by atoms with van der Waals surface area (Å²) >= 11 is 0. The Kier molecular flexibility index (Phi) is 3.89. The first-order valence-corrected chi connectivity index (χ1v) is 13.1. The van der Waals surface area contributed by atoms with E-state index >= 15 is 0 Å². The third-order valence-electron chi connectivity index (χ3n) is 10.8. The summed E-state index contributed by atoms with van der Waals surface area (Å²) < 4.78 is 12.0. The number of carbonyl (C=O) groups excluding carboxylic acids is 2. The number of Topliss-reactive ketones (excluding diaryl/α,β-unsaturated/α-hetero) is 1. The van der Waals surface area contributed by atoms with Crippen LogP contribution >= 0.6 is 0 Å². The van der Waals surface area contributed by atoms with Crippen molar-refractivity contribution in [3.05, 3.63) is 23.3 Å². The minimum atomic E-state index is -0.967. The number of carbonyl (C=O) groups is 2. The van der Waals surface area contributed by atoms with Gasteiger partial charge in [0.2, 0.25) is 11.8 Å². The average Bonchev–Trinajstić information content (AvgIpc) is 3.30. The minimum absolute atomic E-state index is 0.00182. The molecule has 2 N–H and O–H groups in total. The van der Waals surface area contributed by atoms with E-state index < -0.39 is 33.1 Å². The van der Waals surface area contributed by atoms with Crippen LogP contribution in [-0.2, 0) is 14.9 Å². The average molecular weight is 494 g/mol. The largest absolute Gasteiger partial charge is 0.487 e. The second kappa shape index (κ2) is 6.16. The van der Waals surface area contributed by atoms with Gasteiger partial charge in [-0.15, -0.1) is 0 Å². The van der Waals surface area contributed by atoms with Crippen LogP contribution in [0.2, 0.25) is 0 Å². The number of aliphatic hydroxyl groups is 1. The van der Waals surface area contributed by atoms with Crippen molar-refractivity contribution in [3.8, 4) is 5.75 Å². The van der Waals surface area contributed by atoms with Gasteiger partial charge in [-0.05, 0) is 63.0 Å². The first-order valence-electron chi connectivity index (χ1n) is 13.1. The predicted octanol–water partition coefficient (Wildman–Crippen LogP) is 3.06. The normalized spacial score (nSPS) is 42.9. The molecule has 6 heterocycles. The Morgan fingerprint density at radius 3 is 2.67 bits per heavy atom. The highest BCUT2D eigenvalue weighted by atomic mass is 16.5. The number of ether oxygens (including phenoxy) is 2. The van der Waals surface area contributed by atoms with Crippen LogP contribution in [0.3, 0.4) is 0 Å². The van der Waals surface area contributed by atoms with Gasteiger partial charge in [-0.3, -0.25) is 14.5 Å². The quantitative estimate of drug-likeness (QED) is 0.576. The Hall–Kier alpha value is -2.45. The van der Waals surface area contributed by atoms with Gasteiger partial charge in [-0.2, -0.15) is 0 Å². The van der Waals surface area contributed by atoms with Crippen LogP contribution in [0.4, 0.5) is 5.69 Å². The third kappa shape index (κ3) is 2.21. The number of amides is 1. The zero-order valence-electron chi connectivity index (χ0n) is 21.9. The molecule has 5 atom stereocenters. The van der Waals surface area contributed by atoms with E-state index in [4.69, 9.17) is 14.5 Å². The lowest BCUT2D eigenvalue weighted by molar-refractivity contribution is -0.125. The van der Waals surface area contributed by atoms with E-state index in [1.165, 1.54) is 0 Å². The number of hydrogen-bond acceptors (Lipinski definition) is 7. The number of fused-ring (bicyclic) bond motifs is 4. The Morgan fingerprint density at radius 2 is 1.94 bits per heavy atom. The number of nitrogens with zero attached hydrogens (tertiary/aromatic N) is 2. The number of rotatable bonds is 0. The maximum atomic E-state index is 14.1. The fraction of sp³-hybridized carbons (Fsp3) is 0.679. The molecule has 2 bridgehead atoms. The van der Waals surface area contributed by atoms with Crippen LogP contribution in [0, 0.1) is 11.3 Å². The van der Waals surface area contributed by atoms with Gasteiger partial charge in [-0.25, -0.2) is 4.99 Å². The smallest absolute Gasteiger partial charge is 0.235 e. The molecule has 0 unspecified atom stereocenters. The highest BCUT2D eigenvalue weighted by molar-refractivity contribution is 6.15. The van der Waals surface area contributed by atoms with E-state index in [0.717, 1.165) is 12.1 Å². The monoisotopic (exact) mass is 493 g/mol. The molecule has 8 nitrogen and oxygen atoms in total. The lowest BCUT2D eigenvalue weighted by Gasteiger charge is -2.60. The summed E-state index contributed by atoms with van der Waals surface area (Å²) in [4.78, 5) is 35.0. The standard InChI is InChI=1S/C28H35N3O5/c1-23(2)11-16(32)19-17(36-23)8-7-15-20(19)29-21(33)27(15)13-26-14-31-10-9-25(5,34)28(31,22(30-26)35-6)12-18(26)24(27,3)4/h7-8,18,34H,9-14H2,1-6H3,(H,29,33)/t18-,25+,26+,27-,28-/m0/s1.